The van der Waals surface area contributed by atoms with Crippen molar-refractivity contribution < 1.29 is 23.9 Å². The van der Waals surface area contributed by atoms with Crippen molar-refractivity contribution in [2.75, 3.05) is 26.3 Å². The van der Waals surface area contributed by atoms with E-state index in [1.807, 2.05) is 44.2 Å². The molecule has 0 saturated carbocycles. The fourth-order valence-corrected chi connectivity index (χ4v) is 3.45. The van der Waals surface area contributed by atoms with Crippen molar-refractivity contribution in [3.8, 4) is 5.75 Å². The van der Waals surface area contributed by atoms with Crippen LogP contribution in [0.25, 0.3) is 0 Å². The van der Waals surface area contributed by atoms with Crippen LogP contribution in [0, 0.1) is 5.92 Å². The lowest BCUT2D eigenvalue weighted by atomic mass is 10.1. The number of piperazine rings is 1. The average molecular weight is 439 g/mol. The number of ether oxygens (including phenoxy) is 2. The van der Waals surface area contributed by atoms with Gasteiger partial charge in [0.2, 0.25) is 5.91 Å². The molecule has 1 saturated heterocycles. The second-order valence-electron chi connectivity index (χ2n) is 8.20. The Balaban J connectivity index is 1.62. The quantitative estimate of drug-likeness (QED) is 0.609. The van der Waals surface area contributed by atoms with Crippen molar-refractivity contribution in [1.29, 1.82) is 0 Å². The summed E-state index contributed by atoms with van der Waals surface area (Å²) in [4.78, 5) is 39.5. The van der Waals surface area contributed by atoms with E-state index in [2.05, 4.69) is 5.32 Å². The van der Waals surface area contributed by atoms with Crippen molar-refractivity contribution in [1.82, 2.24) is 10.2 Å². The molecule has 0 radical (unpaired) electrons. The van der Waals surface area contributed by atoms with Crippen LogP contribution >= 0.6 is 0 Å². The lowest BCUT2D eigenvalue weighted by molar-refractivity contribution is -0.147. The molecule has 1 unspecified atom stereocenters. The molecule has 1 atom stereocenters. The molecule has 2 amide bonds. The van der Waals surface area contributed by atoms with Gasteiger partial charge in [-0.3, -0.25) is 14.4 Å². The fraction of sp³-hybridized carbons (Fsp3) is 0.400. The van der Waals surface area contributed by atoms with Gasteiger partial charge < -0.3 is 19.7 Å². The maximum absolute atomic E-state index is 13.2. The molecule has 32 heavy (non-hydrogen) atoms. The SMILES string of the molecule is CC(C)COc1cccc(C(=O)N2CCNC(=O)C2CC(=O)OCCc2ccccc2)c1. The summed E-state index contributed by atoms with van der Waals surface area (Å²) in [6.07, 6.45) is 0.408. The maximum Gasteiger partial charge on any atom is 0.308 e. The van der Waals surface area contributed by atoms with E-state index in [1.54, 1.807) is 24.3 Å². The van der Waals surface area contributed by atoms with Gasteiger partial charge >= 0.3 is 5.97 Å². The first-order chi connectivity index (χ1) is 15.4. The molecule has 0 aliphatic carbocycles. The second-order valence-corrected chi connectivity index (χ2v) is 8.20. The average Bonchev–Trinajstić information content (AvgIpc) is 2.79. The Kier molecular flexibility index (Phi) is 8.25. The number of carbonyl (C=O) groups is 3. The zero-order valence-electron chi connectivity index (χ0n) is 18.6. The van der Waals surface area contributed by atoms with Crippen LogP contribution in [-0.4, -0.2) is 55.0 Å². The summed E-state index contributed by atoms with van der Waals surface area (Å²) < 4.78 is 11.0. The fourth-order valence-electron chi connectivity index (χ4n) is 3.45. The first kappa shape index (κ1) is 23.3. The zero-order valence-corrected chi connectivity index (χ0v) is 18.6. The molecule has 0 spiro atoms. The maximum atomic E-state index is 13.2. The lowest BCUT2D eigenvalue weighted by Crippen LogP contribution is -2.57. The van der Waals surface area contributed by atoms with Crippen molar-refractivity contribution in [3.63, 3.8) is 0 Å². The molecule has 7 nitrogen and oxygen atoms in total. The van der Waals surface area contributed by atoms with Crippen LogP contribution in [0.15, 0.2) is 54.6 Å². The molecule has 1 aliphatic heterocycles. The molecule has 1 N–H and O–H groups in total. The summed E-state index contributed by atoms with van der Waals surface area (Å²) in [5, 5.41) is 2.73. The van der Waals surface area contributed by atoms with Gasteiger partial charge in [-0.25, -0.2) is 0 Å². The Labute approximate surface area is 188 Å². The highest BCUT2D eigenvalue weighted by Gasteiger charge is 2.35. The molecule has 0 aromatic heterocycles. The van der Waals surface area contributed by atoms with Crippen LogP contribution in [0.2, 0.25) is 0 Å². The van der Waals surface area contributed by atoms with Crippen molar-refractivity contribution >= 4 is 17.8 Å². The number of nitrogens with one attached hydrogen (secondary N) is 1. The van der Waals surface area contributed by atoms with Gasteiger partial charge in [0, 0.05) is 25.1 Å². The Morgan fingerprint density at radius 1 is 1.12 bits per heavy atom. The Bertz CT molecular complexity index is 929. The first-order valence-electron chi connectivity index (χ1n) is 10.9. The van der Waals surface area contributed by atoms with Crippen LogP contribution in [0.1, 0.15) is 36.2 Å². The number of esters is 1. The van der Waals surface area contributed by atoms with E-state index in [4.69, 9.17) is 9.47 Å². The van der Waals surface area contributed by atoms with Gasteiger partial charge in [-0.05, 0) is 29.7 Å². The Morgan fingerprint density at radius 3 is 2.66 bits per heavy atom. The van der Waals surface area contributed by atoms with Crippen LogP contribution in [0.5, 0.6) is 5.75 Å². The first-order valence-corrected chi connectivity index (χ1v) is 10.9. The van der Waals surface area contributed by atoms with E-state index in [-0.39, 0.29) is 24.8 Å². The normalized spacial score (nSPS) is 15.9. The molecule has 0 bridgehead atoms. The molecule has 1 heterocycles. The number of hydrogen-bond acceptors (Lipinski definition) is 5. The van der Waals surface area contributed by atoms with E-state index in [0.717, 1.165) is 5.56 Å². The summed E-state index contributed by atoms with van der Waals surface area (Å²) in [5.74, 6) is -0.205. The predicted molar refractivity (Wildman–Crippen MR) is 120 cm³/mol. The van der Waals surface area contributed by atoms with E-state index in [1.165, 1.54) is 4.90 Å². The van der Waals surface area contributed by atoms with E-state index < -0.39 is 12.0 Å². The summed E-state index contributed by atoms with van der Waals surface area (Å²) in [5.41, 5.74) is 1.48. The summed E-state index contributed by atoms with van der Waals surface area (Å²) in [7, 11) is 0. The Hall–Kier alpha value is -3.35. The molecule has 170 valence electrons. The van der Waals surface area contributed by atoms with Gasteiger partial charge in [-0.15, -0.1) is 0 Å². The summed E-state index contributed by atoms with van der Waals surface area (Å²) >= 11 is 0. The summed E-state index contributed by atoms with van der Waals surface area (Å²) in [6.45, 7) is 5.52. The topological polar surface area (TPSA) is 84.9 Å². The van der Waals surface area contributed by atoms with Crippen LogP contribution in [0.4, 0.5) is 0 Å². The zero-order chi connectivity index (χ0) is 22.9. The van der Waals surface area contributed by atoms with Crippen molar-refractivity contribution in [2.24, 2.45) is 5.92 Å². The second kappa shape index (κ2) is 11.3. The molecule has 1 aliphatic rings. The molecular weight excluding hydrogens is 408 g/mol. The van der Waals surface area contributed by atoms with Crippen LogP contribution in [0.3, 0.4) is 0 Å². The molecule has 7 heteroatoms. The third-order valence-corrected chi connectivity index (χ3v) is 5.11. The molecular formula is C25H30N2O5. The number of hydrogen-bond donors (Lipinski definition) is 1. The third-order valence-electron chi connectivity index (χ3n) is 5.11. The number of rotatable bonds is 9. The van der Waals surface area contributed by atoms with Gasteiger partial charge in [-0.2, -0.15) is 0 Å². The lowest BCUT2D eigenvalue weighted by Gasteiger charge is -2.34. The van der Waals surface area contributed by atoms with Crippen LogP contribution in [-0.2, 0) is 20.7 Å². The number of nitrogens with zero attached hydrogens (tertiary/aromatic N) is 1. The standard InChI is InChI=1S/C25H30N2O5/c1-18(2)17-32-21-10-6-9-20(15-21)25(30)27-13-12-26-24(29)22(27)16-23(28)31-14-11-19-7-4-3-5-8-19/h3-10,15,18,22H,11-14,16-17H2,1-2H3,(H,26,29). The van der Waals surface area contributed by atoms with Gasteiger partial charge in [0.1, 0.15) is 11.8 Å². The van der Waals surface area contributed by atoms with Gasteiger partial charge in [-0.1, -0.05) is 50.2 Å². The third kappa shape index (κ3) is 6.57. The highest BCUT2D eigenvalue weighted by atomic mass is 16.5. The van der Waals surface area contributed by atoms with Crippen LogP contribution < -0.4 is 10.1 Å². The van der Waals surface area contributed by atoms with Crippen molar-refractivity contribution in [3.05, 3.63) is 65.7 Å². The molecule has 2 aromatic carbocycles. The highest BCUT2D eigenvalue weighted by Crippen LogP contribution is 2.19. The minimum absolute atomic E-state index is 0.185. The molecule has 2 aromatic rings. The largest absolute Gasteiger partial charge is 0.493 e. The van der Waals surface area contributed by atoms with Crippen molar-refractivity contribution in [2.45, 2.75) is 32.7 Å². The van der Waals surface area contributed by atoms with E-state index >= 15 is 0 Å². The summed E-state index contributed by atoms with van der Waals surface area (Å²) in [6, 6.07) is 15.7. The highest BCUT2D eigenvalue weighted by molar-refractivity contribution is 5.99. The smallest absolute Gasteiger partial charge is 0.308 e. The molecule has 1 fully saturated rings. The van der Waals surface area contributed by atoms with Gasteiger partial charge in [0.15, 0.2) is 0 Å². The molecule has 3 rings (SSSR count). The van der Waals surface area contributed by atoms with Gasteiger partial charge in [0.25, 0.3) is 5.91 Å². The minimum Gasteiger partial charge on any atom is -0.493 e. The van der Waals surface area contributed by atoms with Gasteiger partial charge in [0.05, 0.1) is 19.6 Å². The predicted octanol–water partition coefficient (Wildman–Crippen LogP) is 2.84. The number of carbonyl (C=O) groups excluding carboxylic acids is 3. The number of amides is 2. The Morgan fingerprint density at radius 2 is 1.91 bits per heavy atom. The minimum atomic E-state index is -0.902. The monoisotopic (exact) mass is 438 g/mol. The van der Waals surface area contributed by atoms with E-state index in [9.17, 15) is 14.4 Å². The van der Waals surface area contributed by atoms with E-state index in [0.29, 0.717) is 43.3 Å². The number of benzene rings is 2.